The highest BCUT2D eigenvalue weighted by Crippen LogP contribution is 2.20. The molecule has 1 aliphatic heterocycles. The predicted molar refractivity (Wildman–Crippen MR) is 38.6 cm³/mol. The van der Waals surface area contributed by atoms with Crippen molar-refractivity contribution < 1.29 is 9.47 Å². The van der Waals surface area contributed by atoms with E-state index in [1.54, 1.807) is 0 Å². The third kappa shape index (κ3) is 1.31. The first kappa shape index (κ1) is 7.59. The Morgan fingerprint density at radius 1 is 1.50 bits per heavy atom. The topological polar surface area (TPSA) is 18.5 Å². The third-order valence-electron chi connectivity index (χ3n) is 1.62. The van der Waals surface area contributed by atoms with Crippen molar-refractivity contribution in [3.05, 3.63) is 0 Å². The zero-order chi connectivity index (χ0) is 7.61. The van der Waals surface area contributed by atoms with Gasteiger partial charge in [-0.1, -0.05) is 5.92 Å². The average Bonchev–Trinajstić information content (AvgIpc) is 1.87. The Balaban J connectivity index is 2.62. The Kier molecular flexibility index (Phi) is 1.98. The number of hydrogen-bond donors (Lipinski definition) is 0. The van der Waals surface area contributed by atoms with Gasteiger partial charge in [0.2, 0.25) is 0 Å². The number of terminal acetylenes is 1. The first-order valence-electron chi connectivity index (χ1n) is 3.38. The molecule has 2 nitrogen and oxygen atoms in total. The van der Waals surface area contributed by atoms with Gasteiger partial charge in [0.05, 0.1) is 18.8 Å². The van der Waals surface area contributed by atoms with Gasteiger partial charge in [-0.3, -0.25) is 0 Å². The monoisotopic (exact) mass is 140 g/mol. The highest BCUT2D eigenvalue weighted by Gasteiger charge is 2.32. The molecule has 0 aromatic carbocycles. The quantitative estimate of drug-likeness (QED) is 0.464. The van der Waals surface area contributed by atoms with Gasteiger partial charge >= 0.3 is 0 Å². The molecular weight excluding hydrogens is 128 g/mol. The molecule has 0 amide bonds. The van der Waals surface area contributed by atoms with Crippen LogP contribution in [0, 0.1) is 12.3 Å². The highest BCUT2D eigenvalue weighted by atomic mass is 16.6. The summed E-state index contributed by atoms with van der Waals surface area (Å²) in [5.74, 6) is 2.55. The van der Waals surface area contributed by atoms with E-state index in [-0.39, 0.29) is 11.7 Å². The van der Waals surface area contributed by atoms with Crippen LogP contribution in [-0.2, 0) is 9.47 Å². The van der Waals surface area contributed by atoms with Crippen LogP contribution < -0.4 is 0 Å². The second kappa shape index (κ2) is 2.61. The summed E-state index contributed by atoms with van der Waals surface area (Å²) in [5, 5.41) is 0. The summed E-state index contributed by atoms with van der Waals surface area (Å²) < 4.78 is 10.7. The van der Waals surface area contributed by atoms with Gasteiger partial charge in [-0.15, -0.1) is 6.42 Å². The lowest BCUT2D eigenvalue weighted by Crippen LogP contribution is -2.45. The van der Waals surface area contributed by atoms with E-state index in [1.165, 1.54) is 0 Å². The molecule has 1 saturated heterocycles. The maximum Gasteiger partial charge on any atom is 0.146 e. The summed E-state index contributed by atoms with van der Waals surface area (Å²) in [4.78, 5) is 0. The fourth-order valence-electron chi connectivity index (χ4n) is 0.996. The summed E-state index contributed by atoms with van der Waals surface area (Å²) in [6.07, 6.45) is 5.03. The lowest BCUT2D eigenvalue weighted by Gasteiger charge is -2.35. The molecule has 0 aromatic heterocycles. The van der Waals surface area contributed by atoms with Crippen LogP contribution in [0.1, 0.15) is 13.8 Å². The average molecular weight is 140 g/mol. The molecule has 1 atom stereocenters. The van der Waals surface area contributed by atoms with Crippen molar-refractivity contribution in [3.63, 3.8) is 0 Å². The second-order valence-corrected chi connectivity index (χ2v) is 2.87. The molecule has 0 aliphatic carbocycles. The van der Waals surface area contributed by atoms with Gasteiger partial charge in [-0.2, -0.15) is 0 Å². The van der Waals surface area contributed by atoms with Crippen LogP contribution in [0.2, 0.25) is 0 Å². The van der Waals surface area contributed by atoms with E-state index in [9.17, 15) is 0 Å². The number of hydrogen-bond acceptors (Lipinski definition) is 2. The van der Waals surface area contributed by atoms with E-state index in [0.29, 0.717) is 13.2 Å². The second-order valence-electron chi connectivity index (χ2n) is 2.87. The van der Waals surface area contributed by atoms with Crippen molar-refractivity contribution in [3.8, 4) is 12.3 Å². The van der Waals surface area contributed by atoms with Crippen molar-refractivity contribution in [1.82, 2.24) is 0 Å². The molecule has 0 spiro atoms. The number of rotatable bonds is 0. The summed E-state index contributed by atoms with van der Waals surface area (Å²) >= 11 is 0. The minimum Gasteiger partial charge on any atom is -0.369 e. The molecule has 0 aromatic rings. The van der Waals surface area contributed by atoms with Crippen LogP contribution in [0.15, 0.2) is 0 Å². The maximum atomic E-state index is 5.40. The predicted octanol–water partition coefficient (Wildman–Crippen LogP) is 0.814. The largest absolute Gasteiger partial charge is 0.369 e. The molecule has 1 heterocycles. The Hall–Kier alpha value is -0.520. The molecule has 2 heteroatoms. The van der Waals surface area contributed by atoms with Crippen LogP contribution in [0.25, 0.3) is 0 Å². The Bertz CT molecular complexity index is 155. The summed E-state index contributed by atoms with van der Waals surface area (Å²) in [5.41, 5.74) is -0.312. The Labute approximate surface area is 61.5 Å². The summed E-state index contributed by atoms with van der Waals surface area (Å²) in [7, 11) is 0. The zero-order valence-corrected chi connectivity index (χ0v) is 6.39. The SMILES string of the molecule is C#CC1OCCOC1(C)C. The van der Waals surface area contributed by atoms with Crippen LogP contribution in [-0.4, -0.2) is 24.9 Å². The van der Waals surface area contributed by atoms with Gasteiger partial charge in [0.15, 0.2) is 0 Å². The number of ether oxygens (including phenoxy) is 2. The van der Waals surface area contributed by atoms with Gasteiger partial charge in [0, 0.05) is 0 Å². The van der Waals surface area contributed by atoms with Crippen LogP contribution >= 0.6 is 0 Å². The molecule has 56 valence electrons. The molecule has 0 N–H and O–H groups in total. The maximum absolute atomic E-state index is 5.40. The van der Waals surface area contributed by atoms with Crippen molar-refractivity contribution >= 4 is 0 Å². The van der Waals surface area contributed by atoms with Crippen molar-refractivity contribution in [2.45, 2.75) is 25.6 Å². The molecule has 1 fully saturated rings. The molecule has 1 aliphatic rings. The standard InChI is InChI=1S/C8H12O2/c1-4-7-8(2,3)10-6-5-9-7/h1,7H,5-6H2,2-3H3. The van der Waals surface area contributed by atoms with E-state index in [4.69, 9.17) is 15.9 Å². The summed E-state index contributed by atoms with van der Waals surface area (Å²) in [6, 6.07) is 0. The van der Waals surface area contributed by atoms with Crippen LogP contribution in [0.5, 0.6) is 0 Å². The lowest BCUT2D eigenvalue weighted by molar-refractivity contribution is -0.165. The van der Waals surface area contributed by atoms with Gasteiger partial charge < -0.3 is 9.47 Å². The Morgan fingerprint density at radius 2 is 2.20 bits per heavy atom. The summed E-state index contributed by atoms with van der Waals surface area (Å²) in [6.45, 7) is 5.14. The van der Waals surface area contributed by atoms with Crippen molar-refractivity contribution in [2.75, 3.05) is 13.2 Å². The molecule has 0 saturated carbocycles. The fraction of sp³-hybridized carbons (Fsp3) is 0.750. The Morgan fingerprint density at radius 3 is 2.60 bits per heavy atom. The lowest BCUT2D eigenvalue weighted by atomic mass is 10.0. The minimum absolute atomic E-state index is 0.193. The first-order chi connectivity index (χ1) is 4.67. The first-order valence-corrected chi connectivity index (χ1v) is 3.38. The van der Waals surface area contributed by atoms with Gasteiger partial charge in [-0.25, -0.2) is 0 Å². The normalized spacial score (nSPS) is 31.1. The van der Waals surface area contributed by atoms with E-state index in [2.05, 4.69) is 5.92 Å². The molecule has 0 radical (unpaired) electrons. The third-order valence-corrected chi connectivity index (χ3v) is 1.62. The van der Waals surface area contributed by atoms with E-state index >= 15 is 0 Å². The molecule has 0 bridgehead atoms. The van der Waals surface area contributed by atoms with Crippen LogP contribution in [0.4, 0.5) is 0 Å². The smallest absolute Gasteiger partial charge is 0.146 e. The van der Waals surface area contributed by atoms with Gasteiger partial charge in [-0.05, 0) is 13.8 Å². The van der Waals surface area contributed by atoms with Crippen molar-refractivity contribution in [2.24, 2.45) is 0 Å². The van der Waals surface area contributed by atoms with E-state index in [0.717, 1.165) is 0 Å². The zero-order valence-electron chi connectivity index (χ0n) is 6.39. The van der Waals surface area contributed by atoms with E-state index in [1.807, 2.05) is 13.8 Å². The van der Waals surface area contributed by atoms with Crippen molar-refractivity contribution in [1.29, 1.82) is 0 Å². The van der Waals surface area contributed by atoms with E-state index < -0.39 is 0 Å². The molecule has 1 unspecified atom stereocenters. The van der Waals surface area contributed by atoms with Crippen LogP contribution in [0.3, 0.4) is 0 Å². The van der Waals surface area contributed by atoms with Gasteiger partial charge in [0.25, 0.3) is 0 Å². The minimum atomic E-state index is -0.312. The highest BCUT2D eigenvalue weighted by molar-refractivity contribution is 5.04. The molecule has 10 heavy (non-hydrogen) atoms. The molecule has 1 rings (SSSR count). The fourth-order valence-corrected chi connectivity index (χ4v) is 0.996. The molecular formula is C8H12O2. The van der Waals surface area contributed by atoms with Gasteiger partial charge in [0.1, 0.15) is 6.10 Å².